The molecule has 1 N–H and O–H groups in total. The Kier molecular flexibility index (Phi) is 6.70. The van der Waals surface area contributed by atoms with E-state index in [0.29, 0.717) is 0 Å². The van der Waals surface area contributed by atoms with Crippen molar-refractivity contribution in [1.82, 2.24) is 10.2 Å². The Labute approximate surface area is 125 Å². The third-order valence-corrected chi connectivity index (χ3v) is 3.46. The number of hydrogen-bond donors (Lipinski definition) is 1. The standard InChI is InChI=1S/C18H32N2/c1-15(2)11-12-20(6)14-17-10-8-7-9-16(17)13-19-18(3,4)5/h7-10,15,19H,11-14H2,1-6H3. The lowest BCUT2D eigenvalue weighted by atomic mass is 10.0. The van der Waals surface area contributed by atoms with Gasteiger partial charge >= 0.3 is 0 Å². The lowest BCUT2D eigenvalue weighted by molar-refractivity contribution is 0.302. The van der Waals surface area contributed by atoms with Gasteiger partial charge in [0.25, 0.3) is 0 Å². The fourth-order valence-electron chi connectivity index (χ4n) is 2.09. The van der Waals surface area contributed by atoms with Crippen LogP contribution in [-0.2, 0) is 13.1 Å². The van der Waals surface area contributed by atoms with E-state index in [2.05, 4.69) is 76.1 Å². The van der Waals surface area contributed by atoms with E-state index < -0.39 is 0 Å². The summed E-state index contributed by atoms with van der Waals surface area (Å²) in [5, 5.41) is 3.58. The number of rotatable bonds is 7. The van der Waals surface area contributed by atoms with Crippen molar-refractivity contribution < 1.29 is 0 Å². The van der Waals surface area contributed by atoms with Crippen molar-refractivity contribution in [1.29, 1.82) is 0 Å². The van der Waals surface area contributed by atoms with E-state index in [1.54, 1.807) is 0 Å². The van der Waals surface area contributed by atoms with E-state index in [1.807, 2.05) is 0 Å². The highest BCUT2D eigenvalue weighted by Crippen LogP contribution is 2.13. The van der Waals surface area contributed by atoms with Crippen LogP contribution >= 0.6 is 0 Å². The van der Waals surface area contributed by atoms with E-state index in [1.165, 1.54) is 24.1 Å². The summed E-state index contributed by atoms with van der Waals surface area (Å²) in [6.07, 6.45) is 1.26. The fourth-order valence-corrected chi connectivity index (χ4v) is 2.09. The summed E-state index contributed by atoms with van der Waals surface area (Å²) in [6, 6.07) is 8.78. The first-order valence-electron chi connectivity index (χ1n) is 7.78. The van der Waals surface area contributed by atoms with Crippen LogP contribution in [0.5, 0.6) is 0 Å². The highest BCUT2D eigenvalue weighted by atomic mass is 15.1. The highest BCUT2D eigenvalue weighted by molar-refractivity contribution is 5.27. The second kappa shape index (κ2) is 7.80. The molecule has 114 valence electrons. The van der Waals surface area contributed by atoms with Gasteiger partial charge < -0.3 is 10.2 Å². The van der Waals surface area contributed by atoms with Gasteiger partial charge in [0.05, 0.1) is 0 Å². The largest absolute Gasteiger partial charge is 0.308 e. The molecule has 0 saturated carbocycles. The zero-order chi connectivity index (χ0) is 15.2. The van der Waals surface area contributed by atoms with Crippen LogP contribution in [0.25, 0.3) is 0 Å². The molecule has 0 aliphatic heterocycles. The maximum atomic E-state index is 3.58. The molecule has 2 nitrogen and oxygen atoms in total. The first kappa shape index (κ1) is 17.2. The Hall–Kier alpha value is -0.860. The third-order valence-electron chi connectivity index (χ3n) is 3.46. The lowest BCUT2D eigenvalue weighted by Crippen LogP contribution is -2.35. The molecule has 0 amide bonds. The molecule has 0 aromatic heterocycles. The van der Waals surface area contributed by atoms with Gasteiger partial charge in [0, 0.05) is 18.6 Å². The highest BCUT2D eigenvalue weighted by Gasteiger charge is 2.11. The summed E-state index contributed by atoms with van der Waals surface area (Å²) in [5.74, 6) is 0.773. The summed E-state index contributed by atoms with van der Waals surface area (Å²) >= 11 is 0. The van der Waals surface area contributed by atoms with Crippen LogP contribution in [0.1, 0.15) is 52.2 Å². The molecule has 1 aromatic rings. The monoisotopic (exact) mass is 276 g/mol. The van der Waals surface area contributed by atoms with Crippen LogP contribution < -0.4 is 5.32 Å². The summed E-state index contributed by atoms with van der Waals surface area (Å²) in [6.45, 7) is 14.4. The van der Waals surface area contributed by atoms with Crippen molar-refractivity contribution in [3.8, 4) is 0 Å². The quantitative estimate of drug-likeness (QED) is 0.808. The van der Waals surface area contributed by atoms with E-state index in [-0.39, 0.29) is 5.54 Å². The minimum absolute atomic E-state index is 0.163. The molecule has 0 atom stereocenters. The average Bonchev–Trinajstić information content (AvgIpc) is 2.34. The van der Waals surface area contributed by atoms with Gasteiger partial charge in [0.15, 0.2) is 0 Å². The summed E-state index contributed by atoms with van der Waals surface area (Å²) < 4.78 is 0. The molecule has 0 bridgehead atoms. The zero-order valence-electron chi connectivity index (χ0n) is 14.2. The minimum Gasteiger partial charge on any atom is -0.308 e. The Morgan fingerprint density at radius 2 is 1.70 bits per heavy atom. The molecule has 20 heavy (non-hydrogen) atoms. The maximum Gasteiger partial charge on any atom is 0.0233 e. The van der Waals surface area contributed by atoms with Crippen LogP contribution in [0.2, 0.25) is 0 Å². The molecule has 0 aliphatic carbocycles. The molecular weight excluding hydrogens is 244 g/mol. The van der Waals surface area contributed by atoms with Gasteiger partial charge in [-0.15, -0.1) is 0 Å². The topological polar surface area (TPSA) is 15.3 Å². The minimum atomic E-state index is 0.163. The Bertz CT molecular complexity index is 391. The number of hydrogen-bond acceptors (Lipinski definition) is 2. The van der Waals surface area contributed by atoms with Crippen molar-refractivity contribution in [2.24, 2.45) is 5.92 Å². The summed E-state index contributed by atoms with van der Waals surface area (Å²) in [4.78, 5) is 2.43. The summed E-state index contributed by atoms with van der Waals surface area (Å²) in [5.41, 5.74) is 3.02. The van der Waals surface area contributed by atoms with Crippen molar-refractivity contribution >= 4 is 0 Å². The predicted molar refractivity (Wildman–Crippen MR) is 88.8 cm³/mol. The van der Waals surface area contributed by atoms with Crippen molar-refractivity contribution in [3.05, 3.63) is 35.4 Å². The molecule has 0 unspecified atom stereocenters. The second-order valence-electron chi connectivity index (χ2n) is 7.29. The third kappa shape index (κ3) is 7.06. The average molecular weight is 276 g/mol. The first-order chi connectivity index (χ1) is 9.28. The predicted octanol–water partition coefficient (Wildman–Crippen LogP) is 4.05. The first-order valence-corrected chi connectivity index (χ1v) is 7.78. The van der Waals surface area contributed by atoms with Crippen LogP contribution in [0.4, 0.5) is 0 Å². The fraction of sp³-hybridized carbons (Fsp3) is 0.667. The normalized spacial score (nSPS) is 12.4. The van der Waals surface area contributed by atoms with Crippen LogP contribution in [0.15, 0.2) is 24.3 Å². The number of nitrogens with zero attached hydrogens (tertiary/aromatic N) is 1. The lowest BCUT2D eigenvalue weighted by Gasteiger charge is -2.23. The molecular formula is C18H32N2. The molecule has 0 spiro atoms. The van der Waals surface area contributed by atoms with Crippen molar-refractivity contribution in [2.45, 2.75) is 59.7 Å². The molecule has 0 fully saturated rings. The Morgan fingerprint density at radius 1 is 1.10 bits per heavy atom. The van der Waals surface area contributed by atoms with Gasteiger partial charge in [-0.3, -0.25) is 0 Å². The molecule has 0 saturated heterocycles. The molecule has 1 rings (SSSR count). The second-order valence-corrected chi connectivity index (χ2v) is 7.29. The molecule has 0 aliphatic rings. The van der Waals surface area contributed by atoms with Gasteiger partial charge in [-0.25, -0.2) is 0 Å². The number of nitrogens with one attached hydrogen (secondary N) is 1. The van der Waals surface area contributed by atoms with Crippen LogP contribution in [0, 0.1) is 5.92 Å². The van der Waals surface area contributed by atoms with Crippen molar-refractivity contribution in [2.75, 3.05) is 13.6 Å². The van der Waals surface area contributed by atoms with Crippen molar-refractivity contribution in [3.63, 3.8) is 0 Å². The molecule has 0 radical (unpaired) electrons. The van der Waals surface area contributed by atoms with E-state index in [0.717, 1.165) is 19.0 Å². The van der Waals surface area contributed by atoms with Crippen LogP contribution in [0.3, 0.4) is 0 Å². The summed E-state index contributed by atoms with van der Waals surface area (Å²) in [7, 11) is 2.22. The van der Waals surface area contributed by atoms with Gasteiger partial charge in [-0.05, 0) is 57.8 Å². The van der Waals surface area contributed by atoms with Gasteiger partial charge in [-0.1, -0.05) is 38.1 Å². The Balaban J connectivity index is 2.60. The maximum absolute atomic E-state index is 3.58. The van der Waals surface area contributed by atoms with Gasteiger partial charge in [0.2, 0.25) is 0 Å². The molecule has 0 heterocycles. The zero-order valence-corrected chi connectivity index (χ0v) is 14.2. The Morgan fingerprint density at radius 3 is 2.25 bits per heavy atom. The van der Waals surface area contributed by atoms with E-state index >= 15 is 0 Å². The SMILES string of the molecule is CC(C)CCN(C)Cc1ccccc1CNC(C)(C)C. The smallest absolute Gasteiger partial charge is 0.0233 e. The van der Waals surface area contributed by atoms with E-state index in [9.17, 15) is 0 Å². The van der Waals surface area contributed by atoms with Gasteiger partial charge in [-0.2, -0.15) is 0 Å². The molecule has 1 aromatic carbocycles. The van der Waals surface area contributed by atoms with Crippen LogP contribution in [-0.4, -0.2) is 24.0 Å². The van der Waals surface area contributed by atoms with Gasteiger partial charge in [0.1, 0.15) is 0 Å². The number of benzene rings is 1. The van der Waals surface area contributed by atoms with E-state index in [4.69, 9.17) is 0 Å². The molecule has 2 heteroatoms.